The van der Waals surface area contributed by atoms with E-state index in [1.54, 1.807) is 0 Å². The van der Waals surface area contributed by atoms with Crippen LogP contribution >= 0.6 is 11.8 Å². The lowest BCUT2D eigenvalue weighted by molar-refractivity contribution is -0.394. The number of aromatic carboxylic acids is 1. The summed E-state index contributed by atoms with van der Waals surface area (Å²) >= 11 is 1.26. The second kappa shape index (κ2) is 8.98. The molecule has 2 aromatic rings. The van der Waals surface area contributed by atoms with E-state index < -0.39 is 32.8 Å². The van der Waals surface area contributed by atoms with Gasteiger partial charge in [0.05, 0.1) is 21.5 Å². The first-order valence-corrected chi connectivity index (χ1v) is 7.26. The van der Waals surface area contributed by atoms with E-state index >= 15 is 0 Å². The molecule has 130 valence electrons. The Kier molecular flexibility index (Phi) is 7.03. The number of rotatable bonds is 4. The number of hydrogen-bond acceptors (Lipinski definition) is 7. The van der Waals surface area contributed by atoms with Gasteiger partial charge in [0, 0.05) is 17.0 Å². The van der Waals surface area contributed by atoms with Gasteiger partial charge in [-0.15, -0.1) is 0 Å². The van der Waals surface area contributed by atoms with Crippen molar-refractivity contribution in [3.05, 3.63) is 74.3 Å². The predicted molar refractivity (Wildman–Crippen MR) is 90.9 cm³/mol. The third-order valence-corrected chi connectivity index (χ3v) is 3.27. The molecule has 0 unspecified atom stereocenters. The van der Waals surface area contributed by atoms with Gasteiger partial charge in [-0.05, 0) is 12.1 Å². The highest BCUT2D eigenvalue weighted by molar-refractivity contribution is 8.13. The van der Waals surface area contributed by atoms with Crippen molar-refractivity contribution in [1.82, 2.24) is 0 Å². The summed E-state index contributed by atoms with van der Waals surface area (Å²) in [5.41, 5.74) is 3.43. The van der Waals surface area contributed by atoms with Gasteiger partial charge in [-0.3, -0.25) is 25.6 Å². The normalized spacial score (nSPS) is 9.44. The van der Waals surface area contributed by atoms with E-state index in [4.69, 9.17) is 16.2 Å². The highest BCUT2D eigenvalue weighted by Crippen LogP contribution is 2.22. The number of carboxylic acids is 1. The summed E-state index contributed by atoms with van der Waals surface area (Å²) < 4.78 is 0. The van der Waals surface area contributed by atoms with Crippen molar-refractivity contribution in [2.75, 3.05) is 0 Å². The van der Waals surface area contributed by atoms with Gasteiger partial charge < -0.3 is 10.8 Å². The number of benzene rings is 2. The van der Waals surface area contributed by atoms with E-state index in [9.17, 15) is 25.0 Å². The van der Waals surface area contributed by atoms with Crippen molar-refractivity contribution in [3.8, 4) is 0 Å². The lowest BCUT2D eigenvalue weighted by Crippen LogP contribution is -2.02. The molecule has 0 fully saturated rings. The van der Waals surface area contributed by atoms with E-state index in [0.29, 0.717) is 6.07 Å². The molecule has 0 aliphatic rings. The van der Waals surface area contributed by atoms with Gasteiger partial charge in [0.25, 0.3) is 11.4 Å². The van der Waals surface area contributed by atoms with Crippen molar-refractivity contribution in [2.24, 2.45) is 5.73 Å². The zero-order valence-electron chi connectivity index (χ0n) is 12.5. The van der Waals surface area contributed by atoms with Crippen LogP contribution in [-0.2, 0) is 0 Å². The Balaban J connectivity index is 0.000000271. The first kappa shape index (κ1) is 19.6. The minimum atomic E-state index is -1.46. The van der Waals surface area contributed by atoms with Crippen LogP contribution in [-0.4, -0.2) is 26.1 Å². The Labute approximate surface area is 145 Å². The Bertz CT molecular complexity index is 733. The highest BCUT2D eigenvalue weighted by Gasteiger charge is 2.19. The number of nitrogens with zero attached hydrogens (tertiary/aromatic N) is 2. The fraction of sp³-hybridized carbons (Fsp3) is 0. The van der Waals surface area contributed by atoms with Crippen LogP contribution in [0.1, 0.15) is 10.4 Å². The van der Waals surface area contributed by atoms with Crippen LogP contribution in [0, 0.1) is 25.6 Å². The van der Waals surface area contributed by atoms with Crippen LogP contribution < -0.4 is 5.73 Å². The lowest BCUT2D eigenvalue weighted by atomic mass is 10.2. The molecule has 4 N–H and O–H groups in total. The summed E-state index contributed by atoms with van der Waals surface area (Å²) in [6.07, 6.45) is 0. The van der Waals surface area contributed by atoms with E-state index in [0.717, 1.165) is 17.0 Å². The second-order valence-corrected chi connectivity index (χ2v) is 5.45. The molecular formula is C14H12N4O6S. The Morgan fingerprint density at radius 1 is 1.04 bits per heavy atom. The van der Waals surface area contributed by atoms with Crippen molar-refractivity contribution < 1.29 is 19.7 Å². The molecule has 25 heavy (non-hydrogen) atoms. The van der Waals surface area contributed by atoms with Crippen LogP contribution in [0.3, 0.4) is 0 Å². The van der Waals surface area contributed by atoms with Gasteiger partial charge >= 0.3 is 5.97 Å². The molecule has 2 rings (SSSR count). The topological polar surface area (TPSA) is 173 Å². The number of nitrogens with one attached hydrogen (secondary N) is 1. The van der Waals surface area contributed by atoms with Crippen molar-refractivity contribution in [2.45, 2.75) is 4.90 Å². The molecule has 0 aliphatic carbocycles. The predicted octanol–water partition coefficient (Wildman–Crippen LogP) is 2.87. The maximum absolute atomic E-state index is 10.5. The Morgan fingerprint density at radius 3 is 1.88 bits per heavy atom. The molecule has 11 heteroatoms. The third-order valence-electron chi connectivity index (χ3n) is 2.54. The molecule has 2 aromatic carbocycles. The smallest absolute Gasteiger partial charge is 0.336 e. The molecule has 0 heterocycles. The molecule has 0 bridgehead atoms. The zero-order valence-corrected chi connectivity index (χ0v) is 13.3. The standard InChI is InChI=1S/C7H4N2O6.C7H8N2S/c10-7(11)4-1-5(8(12)13)3-6(2-4)9(14)15;8-7(9)10-6-4-2-1-3-5-6/h1-3H,(H,10,11);1-5H,(H3,8,9). The minimum absolute atomic E-state index is 0.131. The number of carbonyl (C=O) groups is 1. The van der Waals surface area contributed by atoms with E-state index in [-0.39, 0.29) is 5.17 Å². The quantitative estimate of drug-likeness (QED) is 0.244. The SMILES string of the molecule is N=C(N)Sc1ccccc1.O=C(O)c1cc([N+](=O)[O-])cc([N+](=O)[O-])c1. The van der Waals surface area contributed by atoms with Gasteiger partial charge in [-0.25, -0.2) is 4.79 Å². The molecule has 0 radical (unpaired) electrons. The summed E-state index contributed by atoms with van der Waals surface area (Å²) in [6, 6.07) is 11.8. The summed E-state index contributed by atoms with van der Waals surface area (Å²) in [7, 11) is 0. The van der Waals surface area contributed by atoms with E-state index in [1.165, 1.54) is 11.8 Å². The molecule has 0 atom stereocenters. The van der Waals surface area contributed by atoms with Gasteiger partial charge in [0.15, 0.2) is 5.17 Å². The molecular weight excluding hydrogens is 352 g/mol. The van der Waals surface area contributed by atoms with Crippen LogP contribution in [0.25, 0.3) is 0 Å². The van der Waals surface area contributed by atoms with Crippen LogP contribution in [0.5, 0.6) is 0 Å². The van der Waals surface area contributed by atoms with Crippen LogP contribution in [0.2, 0.25) is 0 Å². The summed E-state index contributed by atoms with van der Waals surface area (Å²) in [6.45, 7) is 0. The van der Waals surface area contributed by atoms with Crippen molar-refractivity contribution >= 4 is 34.3 Å². The number of amidine groups is 1. The largest absolute Gasteiger partial charge is 0.478 e. The number of carboxylic acid groups (broad SMARTS) is 1. The monoisotopic (exact) mass is 364 g/mol. The van der Waals surface area contributed by atoms with Crippen LogP contribution in [0.4, 0.5) is 11.4 Å². The van der Waals surface area contributed by atoms with E-state index in [1.807, 2.05) is 30.3 Å². The fourth-order valence-corrected chi connectivity index (χ4v) is 2.09. The summed E-state index contributed by atoms with van der Waals surface area (Å²) in [5.74, 6) is -1.46. The number of non-ortho nitro benzene ring substituents is 2. The Morgan fingerprint density at radius 2 is 1.52 bits per heavy atom. The number of nitrogens with two attached hydrogens (primary N) is 1. The molecule has 10 nitrogen and oxygen atoms in total. The average molecular weight is 364 g/mol. The fourth-order valence-electron chi connectivity index (χ4n) is 1.54. The molecule has 0 spiro atoms. The highest BCUT2D eigenvalue weighted by atomic mass is 32.2. The summed E-state index contributed by atoms with van der Waals surface area (Å²) in [5, 5.41) is 36.3. The van der Waals surface area contributed by atoms with Crippen molar-refractivity contribution in [1.29, 1.82) is 5.41 Å². The van der Waals surface area contributed by atoms with Gasteiger partial charge in [-0.1, -0.05) is 30.0 Å². The third kappa shape index (κ3) is 6.66. The number of hydrogen-bond donors (Lipinski definition) is 3. The maximum Gasteiger partial charge on any atom is 0.336 e. The average Bonchev–Trinajstić information content (AvgIpc) is 2.55. The van der Waals surface area contributed by atoms with Gasteiger partial charge in [-0.2, -0.15) is 0 Å². The number of thioether (sulfide) groups is 1. The molecule has 0 aromatic heterocycles. The first-order valence-electron chi connectivity index (χ1n) is 6.44. The number of nitro groups is 2. The van der Waals surface area contributed by atoms with Crippen molar-refractivity contribution in [3.63, 3.8) is 0 Å². The molecule has 0 amide bonds. The maximum atomic E-state index is 10.5. The second-order valence-electron chi connectivity index (χ2n) is 4.34. The van der Waals surface area contributed by atoms with E-state index in [2.05, 4.69) is 0 Å². The Hall–Kier alpha value is -3.47. The first-order chi connectivity index (χ1) is 11.7. The molecule has 0 saturated carbocycles. The number of nitro benzene ring substituents is 2. The summed E-state index contributed by atoms with van der Waals surface area (Å²) in [4.78, 5) is 30.4. The van der Waals surface area contributed by atoms with Crippen LogP contribution in [0.15, 0.2) is 53.4 Å². The lowest BCUT2D eigenvalue weighted by Gasteiger charge is -1.96. The zero-order chi connectivity index (χ0) is 19.0. The van der Waals surface area contributed by atoms with Gasteiger partial charge in [0.2, 0.25) is 0 Å². The molecule has 0 aliphatic heterocycles. The molecule has 0 saturated heterocycles. The minimum Gasteiger partial charge on any atom is -0.478 e. The van der Waals surface area contributed by atoms with Gasteiger partial charge in [0.1, 0.15) is 0 Å².